The molecule has 2 aromatic heterocycles. The molecule has 0 radical (unpaired) electrons. The van der Waals surface area contributed by atoms with Gasteiger partial charge in [-0.2, -0.15) is 0 Å². The Morgan fingerprint density at radius 2 is 1.81 bits per heavy atom. The van der Waals surface area contributed by atoms with Crippen LogP contribution < -0.4 is 5.32 Å². The lowest BCUT2D eigenvalue weighted by molar-refractivity contribution is -0.122. The van der Waals surface area contributed by atoms with Gasteiger partial charge in [0, 0.05) is 67.3 Å². The summed E-state index contributed by atoms with van der Waals surface area (Å²) in [4.78, 5) is 24.7. The second kappa shape index (κ2) is 11.4. The van der Waals surface area contributed by atoms with Gasteiger partial charge >= 0.3 is 0 Å². The summed E-state index contributed by atoms with van der Waals surface area (Å²) in [6.45, 7) is 7.43. The molecule has 0 saturated carbocycles. The van der Waals surface area contributed by atoms with Crippen LogP contribution in [0.25, 0.3) is 0 Å². The van der Waals surface area contributed by atoms with Crippen LogP contribution in [0.4, 0.5) is 0 Å². The number of aryl methyl sites for hydroxylation is 1. The monoisotopic (exact) mass is 448 g/mol. The standard InChI is InChI=1S/C26H32N4OS/c1-21-8-9-24(32-21)20-29-15-5-16-30(19-22-10-12-27-13-11-22)25(18-26(31)28-14-17-29)23-6-3-2-4-7-23/h2-4,6-13,25H,5,14-20H2,1H3,(H,28,31). The first-order chi connectivity index (χ1) is 15.7. The summed E-state index contributed by atoms with van der Waals surface area (Å²) >= 11 is 1.86. The van der Waals surface area contributed by atoms with Crippen LogP contribution in [0, 0.1) is 6.92 Å². The van der Waals surface area contributed by atoms with Crippen molar-refractivity contribution in [2.75, 3.05) is 26.2 Å². The molecule has 0 bridgehead atoms. The lowest BCUT2D eigenvalue weighted by Gasteiger charge is -2.32. The van der Waals surface area contributed by atoms with Crippen LogP contribution in [0.2, 0.25) is 0 Å². The van der Waals surface area contributed by atoms with Crippen molar-refractivity contribution in [2.45, 2.75) is 38.9 Å². The van der Waals surface area contributed by atoms with Gasteiger partial charge < -0.3 is 5.32 Å². The number of carbonyl (C=O) groups excluding carboxylic acids is 1. The predicted octanol–water partition coefficient (Wildman–Crippen LogP) is 4.41. The van der Waals surface area contributed by atoms with E-state index in [0.29, 0.717) is 13.0 Å². The fraction of sp³-hybridized carbons (Fsp3) is 0.385. The first-order valence-corrected chi connectivity index (χ1v) is 12.2. The van der Waals surface area contributed by atoms with Crippen molar-refractivity contribution >= 4 is 17.2 Å². The molecule has 3 heterocycles. The minimum atomic E-state index is 0.0517. The number of hydrogen-bond acceptors (Lipinski definition) is 5. The van der Waals surface area contributed by atoms with E-state index in [-0.39, 0.29) is 11.9 Å². The van der Waals surface area contributed by atoms with Gasteiger partial charge in [-0.15, -0.1) is 11.3 Å². The summed E-state index contributed by atoms with van der Waals surface area (Å²) in [5.74, 6) is 0.118. The lowest BCUT2D eigenvalue weighted by Crippen LogP contribution is -2.35. The molecule has 1 fully saturated rings. The van der Waals surface area contributed by atoms with Crippen LogP contribution in [0.3, 0.4) is 0 Å². The Morgan fingerprint density at radius 1 is 1.00 bits per heavy atom. The Hall–Kier alpha value is -2.54. The number of rotatable bonds is 5. The molecule has 1 aromatic carbocycles. The minimum absolute atomic E-state index is 0.0517. The smallest absolute Gasteiger partial charge is 0.221 e. The van der Waals surface area contributed by atoms with Crippen molar-refractivity contribution in [1.82, 2.24) is 20.1 Å². The molecule has 1 aliphatic heterocycles. The van der Waals surface area contributed by atoms with Gasteiger partial charge in [-0.3, -0.25) is 19.6 Å². The molecule has 1 unspecified atom stereocenters. The number of aromatic nitrogens is 1. The summed E-state index contributed by atoms with van der Waals surface area (Å²) in [5.41, 5.74) is 2.42. The normalized spacial score (nSPS) is 19.3. The fourth-order valence-electron chi connectivity index (χ4n) is 4.36. The first kappa shape index (κ1) is 22.6. The Bertz CT molecular complexity index is 976. The number of nitrogens with zero attached hydrogens (tertiary/aromatic N) is 3. The van der Waals surface area contributed by atoms with Gasteiger partial charge in [0.1, 0.15) is 0 Å². The zero-order valence-electron chi connectivity index (χ0n) is 18.7. The maximum atomic E-state index is 12.9. The molecular weight excluding hydrogens is 416 g/mol. The topological polar surface area (TPSA) is 48.5 Å². The maximum absolute atomic E-state index is 12.9. The van der Waals surface area contributed by atoms with Crippen LogP contribution in [-0.2, 0) is 17.9 Å². The summed E-state index contributed by atoms with van der Waals surface area (Å²) in [6.07, 6.45) is 5.22. The summed E-state index contributed by atoms with van der Waals surface area (Å²) in [7, 11) is 0. The predicted molar refractivity (Wildman–Crippen MR) is 130 cm³/mol. The molecule has 3 aromatic rings. The Morgan fingerprint density at radius 3 is 2.56 bits per heavy atom. The molecular formula is C26H32N4OS. The number of amides is 1. The lowest BCUT2D eigenvalue weighted by atomic mass is 10.00. The number of benzene rings is 1. The summed E-state index contributed by atoms with van der Waals surface area (Å²) in [6, 6.07) is 19.0. The van der Waals surface area contributed by atoms with E-state index in [1.807, 2.05) is 29.8 Å². The van der Waals surface area contributed by atoms with E-state index < -0.39 is 0 Å². The molecule has 32 heavy (non-hydrogen) atoms. The number of pyridine rings is 1. The van der Waals surface area contributed by atoms with Gasteiger partial charge in [-0.25, -0.2) is 0 Å². The van der Waals surface area contributed by atoms with Crippen molar-refractivity contribution in [1.29, 1.82) is 0 Å². The second-order valence-corrected chi connectivity index (χ2v) is 9.82. The van der Waals surface area contributed by atoms with Gasteiger partial charge in [0.15, 0.2) is 0 Å². The maximum Gasteiger partial charge on any atom is 0.221 e. The van der Waals surface area contributed by atoms with Gasteiger partial charge in [0.25, 0.3) is 0 Å². The molecule has 0 spiro atoms. The van der Waals surface area contributed by atoms with E-state index in [9.17, 15) is 4.79 Å². The Labute approximate surface area is 195 Å². The average molecular weight is 449 g/mol. The average Bonchev–Trinajstić information content (AvgIpc) is 3.21. The first-order valence-electron chi connectivity index (χ1n) is 11.4. The number of carbonyl (C=O) groups is 1. The molecule has 168 valence electrons. The van der Waals surface area contributed by atoms with Crippen LogP contribution in [-0.4, -0.2) is 46.9 Å². The quantitative estimate of drug-likeness (QED) is 0.628. The van der Waals surface area contributed by atoms with Crippen molar-refractivity contribution < 1.29 is 4.79 Å². The molecule has 6 heteroatoms. The van der Waals surface area contributed by atoms with E-state index >= 15 is 0 Å². The second-order valence-electron chi connectivity index (χ2n) is 8.45. The van der Waals surface area contributed by atoms with Crippen LogP contribution in [0.1, 0.15) is 39.8 Å². The van der Waals surface area contributed by atoms with Crippen molar-refractivity contribution in [3.05, 3.63) is 87.9 Å². The van der Waals surface area contributed by atoms with Crippen molar-refractivity contribution in [3.63, 3.8) is 0 Å². The number of thiophene rings is 1. The fourth-order valence-corrected chi connectivity index (χ4v) is 5.29. The van der Waals surface area contributed by atoms with Crippen LogP contribution >= 0.6 is 11.3 Å². The SMILES string of the molecule is Cc1ccc(CN2CCCN(Cc3ccncc3)C(c3ccccc3)CC(=O)NCC2)s1. The molecule has 1 amide bonds. The highest BCUT2D eigenvalue weighted by Gasteiger charge is 2.24. The summed E-state index contributed by atoms with van der Waals surface area (Å²) < 4.78 is 0. The third-order valence-corrected chi connectivity index (χ3v) is 6.97. The highest BCUT2D eigenvalue weighted by atomic mass is 32.1. The highest BCUT2D eigenvalue weighted by Crippen LogP contribution is 2.27. The van der Waals surface area contributed by atoms with E-state index in [0.717, 1.165) is 39.1 Å². The third-order valence-electron chi connectivity index (χ3n) is 5.98. The number of nitrogens with one attached hydrogen (secondary N) is 1. The van der Waals surface area contributed by atoms with Gasteiger partial charge in [0.2, 0.25) is 5.91 Å². The zero-order chi connectivity index (χ0) is 22.2. The van der Waals surface area contributed by atoms with Gasteiger partial charge in [-0.1, -0.05) is 30.3 Å². The van der Waals surface area contributed by atoms with Crippen molar-refractivity contribution in [3.8, 4) is 0 Å². The molecule has 1 atom stereocenters. The molecule has 5 nitrogen and oxygen atoms in total. The van der Waals surface area contributed by atoms with Gasteiger partial charge in [-0.05, 0) is 55.3 Å². The third kappa shape index (κ3) is 6.48. The Balaban J connectivity index is 1.54. The molecule has 0 aliphatic carbocycles. The van der Waals surface area contributed by atoms with Crippen LogP contribution in [0.5, 0.6) is 0 Å². The Kier molecular flexibility index (Phi) is 8.04. The van der Waals surface area contributed by atoms with E-state index in [1.165, 1.54) is 20.9 Å². The minimum Gasteiger partial charge on any atom is -0.355 e. The molecule has 4 rings (SSSR count). The number of hydrogen-bond donors (Lipinski definition) is 1. The van der Waals surface area contributed by atoms with Crippen molar-refractivity contribution in [2.24, 2.45) is 0 Å². The zero-order valence-corrected chi connectivity index (χ0v) is 19.6. The van der Waals surface area contributed by atoms with E-state index in [2.05, 4.69) is 75.6 Å². The molecule has 1 N–H and O–H groups in total. The highest BCUT2D eigenvalue weighted by molar-refractivity contribution is 7.11. The summed E-state index contributed by atoms with van der Waals surface area (Å²) in [5, 5.41) is 3.17. The largest absolute Gasteiger partial charge is 0.355 e. The molecule has 1 saturated heterocycles. The van der Waals surface area contributed by atoms with Crippen LogP contribution in [0.15, 0.2) is 67.0 Å². The van der Waals surface area contributed by atoms with E-state index in [1.54, 1.807) is 0 Å². The van der Waals surface area contributed by atoms with E-state index in [4.69, 9.17) is 0 Å². The molecule has 1 aliphatic rings. The van der Waals surface area contributed by atoms with Gasteiger partial charge in [0.05, 0.1) is 0 Å².